The normalized spacial score (nSPS) is 14.3. The number of nitrogens with one attached hydrogen (secondary N) is 1. The van der Waals surface area contributed by atoms with Crippen molar-refractivity contribution in [3.63, 3.8) is 0 Å². The van der Waals surface area contributed by atoms with Crippen molar-refractivity contribution in [2.75, 3.05) is 31.1 Å². The number of piperazine rings is 1. The first kappa shape index (κ1) is 16.3. The van der Waals surface area contributed by atoms with Crippen LogP contribution in [0.25, 0.3) is 11.2 Å². The smallest absolute Gasteiger partial charge is 0.332 e. The lowest BCUT2D eigenvalue weighted by Gasteiger charge is -2.28. The molecule has 0 radical (unpaired) electrons. The van der Waals surface area contributed by atoms with Crippen LogP contribution >= 0.6 is 11.6 Å². The standard InChI is InChI=1S/C15H16ClN7O/c1-2-3-7-22-11-12(21-9-5-18-6-10-21)19-14(16)20-13(11)23(8-4-17)15(22)24/h18H,5-10H2,1H3. The molecule has 1 N–H and O–H groups in total. The average molecular weight is 346 g/mol. The number of halogens is 1. The number of hydrogen-bond acceptors (Lipinski definition) is 6. The molecule has 24 heavy (non-hydrogen) atoms. The number of nitriles is 1. The number of nitrogens with zero attached hydrogens (tertiary/aromatic N) is 6. The highest BCUT2D eigenvalue weighted by Gasteiger charge is 2.23. The summed E-state index contributed by atoms with van der Waals surface area (Å²) in [6, 6.07) is 1.99. The Morgan fingerprint density at radius 3 is 2.67 bits per heavy atom. The first-order valence-corrected chi connectivity index (χ1v) is 7.94. The van der Waals surface area contributed by atoms with Crippen LogP contribution in [0.15, 0.2) is 4.79 Å². The fourth-order valence-corrected chi connectivity index (χ4v) is 2.94. The largest absolute Gasteiger partial charge is 0.352 e. The first-order valence-electron chi connectivity index (χ1n) is 7.56. The molecule has 0 bridgehead atoms. The van der Waals surface area contributed by atoms with Crippen molar-refractivity contribution in [3.05, 3.63) is 15.8 Å². The molecule has 2 aromatic heterocycles. The Balaban J connectivity index is 2.30. The zero-order valence-electron chi connectivity index (χ0n) is 13.2. The number of imidazole rings is 1. The summed E-state index contributed by atoms with van der Waals surface area (Å²) in [5, 5.41) is 12.4. The highest BCUT2D eigenvalue weighted by molar-refractivity contribution is 6.28. The molecular weight excluding hydrogens is 330 g/mol. The van der Waals surface area contributed by atoms with Gasteiger partial charge in [0.1, 0.15) is 12.1 Å². The Kier molecular flexibility index (Phi) is 4.70. The number of aromatic nitrogens is 4. The highest BCUT2D eigenvalue weighted by Crippen LogP contribution is 2.25. The van der Waals surface area contributed by atoms with Crippen LogP contribution in [0, 0.1) is 23.2 Å². The average Bonchev–Trinajstić information content (AvgIpc) is 2.85. The van der Waals surface area contributed by atoms with Gasteiger partial charge < -0.3 is 10.2 Å². The molecule has 3 rings (SSSR count). The highest BCUT2D eigenvalue weighted by atomic mass is 35.5. The molecular formula is C15H16ClN7O. The van der Waals surface area contributed by atoms with E-state index < -0.39 is 0 Å². The van der Waals surface area contributed by atoms with E-state index in [1.165, 1.54) is 9.13 Å². The van der Waals surface area contributed by atoms with Crippen molar-refractivity contribution >= 4 is 28.6 Å². The van der Waals surface area contributed by atoms with E-state index in [1.807, 2.05) is 6.07 Å². The van der Waals surface area contributed by atoms with Gasteiger partial charge >= 0.3 is 5.69 Å². The van der Waals surface area contributed by atoms with Gasteiger partial charge in [-0.15, -0.1) is 5.92 Å². The Labute approximate surface area is 143 Å². The van der Waals surface area contributed by atoms with Gasteiger partial charge in [0, 0.05) is 26.2 Å². The minimum absolute atomic E-state index is 0.0569. The van der Waals surface area contributed by atoms with Gasteiger partial charge in [-0.05, 0) is 18.5 Å². The zero-order chi connectivity index (χ0) is 17.1. The second-order valence-corrected chi connectivity index (χ2v) is 5.60. The second kappa shape index (κ2) is 6.91. The zero-order valence-corrected chi connectivity index (χ0v) is 14.0. The van der Waals surface area contributed by atoms with E-state index in [0.29, 0.717) is 17.0 Å². The van der Waals surface area contributed by atoms with Crippen molar-refractivity contribution in [1.29, 1.82) is 5.26 Å². The van der Waals surface area contributed by atoms with Gasteiger partial charge in [-0.25, -0.2) is 4.79 Å². The van der Waals surface area contributed by atoms with Crippen molar-refractivity contribution < 1.29 is 0 Å². The van der Waals surface area contributed by atoms with Crippen LogP contribution in [-0.4, -0.2) is 45.3 Å². The second-order valence-electron chi connectivity index (χ2n) is 5.27. The molecule has 124 valence electrons. The molecule has 1 saturated heterocycles. The van der Waals surface area contributed by atoms with Crippen LogP contribution in [-0.2, 0) is 13.1 Å². The number of hydrogen-bond donors (Lipinski definition) is 1. The topological polar surface area (TPSA) is 91.8 Å². The summed E-state index contributed by atoms with van der Waals surface area (Å²) < 4.78 is 2.82. The molecule has 9 heteroatoms. The van der Waals surface area contributed by atoms with Crippen LogP contribution in [0.3, 0.4) is 0 Å². The molecule has 2 aromatic rings. The third-order valence-corrected chi connectivity index (χ3v) is 4.04. The van der Waals surface area contributed by atoms with Gasteiger partial charge in [-0.2, -0.15) is 15.2 Å². The quantitative estimate of drug-likeness (QED) is 0.631. The maximum Gasteiger partial charge on any atom is 0.332 e. The van der Waals surface area contributed by atoms with Crippen LogP contribution in [0.1, 0.15) is 6.92 Å². The Morgan fingerprint density at radius 1 is 1.25 bits per heavy atom. The van der Waals surface area contributed by atoms with E-state index in [2.05, 4.69) is 32.0 Å². The summed E-state index contributed by atoms with van der Waals surface area (Å²) in [6.07, 6.45) is 0. The Morgan fingerprint density at radius 2 is 2.00 bits per heavy atom. The van der Waals surface area contributed by atoms with Crippen LogP contribution in [0.4, 0.5) is 5.82 Å². The van der Waals surface area contributed by atoms with E-state index in [9.17, 15) is 4.79 Å². The maximum atomic E-state index is 12.7. The van der Waals surface area contributed by atoms with Crippen molar-refractivity contribution in [1.82, 2.24) is 24.4 Å². The fraction of sp³-hybridized carbons (Fsp3) is 0.467. The molecule has 0 atom stereocenters. The minimum atomic E-state index is -0.331. The molecule has 0 saturated carbocycles. The summed E-state index contributed by atoms with van der Waals surface area (Å²) in [5.74, 6) is 6.29. The predicted octanol–water partition coefficient (Wildman–Crippen LogP) is 0.203. The van der Waals surface area contributed by atoms with Crippen molar-refractivity contribution in [2.45, 2.75) is 20.0 Å². The van der Waals surface area contributed by atoms with Gasteiger partial charge in [0.05, 0.1) is 12.6 Å². The van der Waals surface area contributed by atoms with Gasteiger partial charge in [0.25, 0.3) is 0 Å². The third-order valence-electron chi connectivity index (χ3n) is 3.87. The van der Waals surface area contributed by atoms with E-state index in [0.717, 1.165) is 26.2 Å². The summed E-state index contributed by atoms with van der Waals surface area (Å²) in [6.45, 7) is 4.97. The minimum Gasteiger partial charge on any atom is -0.352 e. The Bertz CT molecular complexity index is 922. The van der Waals surface area contributed by atoms with E-state index in [4.69, 9.17) is 16.9 Å². The lowest BCUT2D eigenvalue weighted by atomic mass is 10.3. The summed E-state index contributed by atoms with van der Waals surface area (Å²) in [4.78, 5) is 23.3. The molecule has 0 aliphatic carbocycles. The lowest BCUT2D eigenvalue weighted by molar-refractivity contribution is 0.585. The van der Waals surface area contributed by atoms with Crippen molar-refractivity contribution in [2.24, 2.45) is 0 Å². The number of fused-ring (bicyclic) bond motifs is 1. The van der Waals surface area contributed by atoms with Gasteiger partial charge in [-0.1, -0.05) is 5.92 Å². The SMILES string of the molecule is CC#CCn1c(=O)n(CC#N)c2nc(Cl)nc(N3CCNCC3)c21. The van der Waals surface area contributed by atoms with Gasteiger partial charge in [0.15, 0.2) is 11.5 Å². The van der Waals surface area contributed by atoms with E-state index >= 15 is 0 Å². The molecule has 3 heterocycles. The molecule has 1 fully saturated rings. The number of rotatable bonds is 3. The van der Waals surface area contributed by atoms with Gasteiger partial charge in [-0.3, -0.25) is 9.13 Å². The molecule has 8 nitrogen and oxygen atoms in total. The maximum absolute atomic E-state index is 12.7. The molecule has 1 aliphatic heterocycles. The summed E-state index contributed by atoms with van der Waals surface area (Å²) in [5.41, 5.74) is 0.611. The molecule has 0 aromatic carbocycles. The summed E-state index contributed by atoms with van der Waals surface area (Å²) >= 11 is 6.08. The lowest BCUT2D eigenvalue weighted by Crippen LogP contribution is -2.44. The van der Waals surface area contributed by atoms with Crippen molar-refractivity contribution in [3.8, 4) is 17.9 Å². The van der Waals surface area contributed by atoms with Crippen LogP contribution in [0.5, 0.6) is 0 Å². The van der Waals surface area contributed by atoms with E-state index in [1.54, 1.807) is 6.92 Å². The molecule has 0 spiro atoms. The predicted molar refractivity (Wildman–Crippen MR) is 90.9 cm³/mol. The molecule has 1 aliphatic rings. The van der Waals surface area contributed by atoms with Gasteiger partial charge in [0.2, 0.25) is 5.28 Å². The monoisotopic (exact) mass is 345 g/mol. The molecule has 0 unspecified atom stereocenters. The third kappa shape index (κ3) is 2.82. The number of anilines is 1. The fourth-order valence-electron chi connectivity index (χ4n) is 2.78. The van der Waals surface area contributed by atoms with Crippen LogP contribution in [0.2, 0.25) is 5.28 Å². The Hall–Kier alpha value is -2.55. The van der Waals surface area contributed by atoms with E-state index in [-0.39, 0.29) is 24.1 Å². The molecule has 0 amide bonds. The van der Waals surface area contributed by atoms with Crippen LogP contribution < -0.4 is 15.9 Å². The first-order chi connectivity index (χ1) is 11.7. The summed E-state index contributed by atoms with van der Waals surface area (Å²) in [7, 11) is 0.